The molecule has 0 unspecified atom stereocenters. The van der Waals surface area contributed by atoms with Gasteiger partial charge in [-0.05, 0) is 36.9 Å². The van der Waals surface area contributed by atoms with Gasteiger partial charge in [0.25, 0.3) is 0 Å². The molecular weight excluding hydrogens is 307 g/mol. The molecule has 0 saturated heterocycles. The molecule has 0 bridgehead atoms. The maximum absolute atomic E-state index is 13.2. The molecule has 0 saturated carbocycles. The van der Waals surface area contributed by atoms with E-state index in [1.807, 2.05) is 18.0 Å². The van der Waals surface area contributed by atoms with Crippen molar-refractivity contribution < 1.29 is 8.81 Å². The van der Waals surface area contributed by atoms with Crippen molar-refractivity contribution in [3.05, 3.63) is 69.4 Å². The zero-order valence-electron chi connectivity index (χ0n) is 11.9. The molecule has 0 amide bonds. The summed E-state index contributed by atoms with van der Waals surface area (Å²) in [7, 11) is 1.85. The minimum absolute atomic E-state index is 0.272. The summed E-state index contributed by atoms with van der Waals surface area (Å²) in [6, 6.07) is 11.5. The number of nitrogens with zero attached hydrogens (tertiary/aromatic N) is 2. The van der Waals surface area contributed by atoms with Gasteiger partial charge in [0.05, 0.1) is 12.2 Å². The molecule has 22 heavy (non-hydrogen) atoms. The summed E-state index contributed by atoms with van der Waals surface area (Å²) in [5.41, 5.74) is 1.98. The Morgan fingerprint density at radius 2 is 2.09 bits per heavy atom. The van der Waals surface area contributed by atoms with Gasteiger partial charge in [-0.2, -0.15) is 0 Å². The average Bonchev–Trinajstić information content (AvgIpc) is 2.74. The van der Waals surface area contributed by atoms with Crippen LogP contribution < -0.4 is 5.76 Å². The summed E-state index contributed by atoms with van der Waals surface area (Å²) in [5.74, 6) is -0.713. The fraction of sp³-hybridized carbons (Fsp3) is 0.188. The van der Waals surface area contributed by atoms with Crippen molar-refractivity contribution in [3.8, 4) is 0 Å². The lowest BCUT2D eigenvalue weighted by molar-refractivity contribution is 0.253. The maximum atomic E-state index is 13.2. The van der Waals surface area contributed by atoms with Gasteiger partial charge in [0.1, 0.15) is 5.82 Å². The Morgan fingerprint density at radius 1 is 1.27 bits per heavy atom. The number of benzene rings is 2. The van der Waals surface area contributed by atoms with Crippen LogP contribution in [0.3, 0.4) is 0 Å². The Balaban J connectivity index is 1.83. The molecule has 0 atom stereocenters. The summed E-state index contributed by atoms with van der Waals surface area (Å²) in [6.07, 6.45) is 0. The van der Waals surface area contributed by atoms with Crippen molar-refractivity contribution in [2.75, 3.05) is 7.05 Å². The number of oxazole rings is 1. The Kier molecular flexibility index (Phi) is 4.00. The van der Waals surface area contributed by atoms with Crippen LogP contribution in [-0.2, 0) is 13.2 Å². The Bertz CT molecular complexity index is 872. The zero-order chi connectivity index (χ0) is 15.7. The molecule has 1 aromatic heterocycles. The standard InChI is InChI=1S/C16H14ClFN2O2/c1-19(9-11-3-2-4-13(18)7-11)10-20-14-6-5-12(17)8-15(14)22-16(20)21/h2-8H,9-10H2,1H3. The highest BCUT2D eigenvalue weighted by Crippen LogP contribution is 2.18. The molecule has 3 rings (SSSR count). The van der Waals surface area contributed by atoms with Crippen molar-refractivity contribution in [1.82, 2.24) is 9.47 Å². The third-order valence-corrected chi connectivity index (χ3v) is 3.59. The zero-order valence-corrected chi connectivity index (χ0v) is 12.7. The van der Waals surface area contributed by atoms with Crippen LogP contribution in [0, 0.1) is 5.82 Å². The number of hydrogen-bond donors (Lipinski definition) is 0. The second-order valence-electron chi connectivity index (χ2n) is 5.19. The molecule has 6 heteroatoms. The number of aromatic nitrogens is 1. The molecule has 1 heterocycles. The van der Waals surface area contributed by atoms with Crippen LogP contribution in [0.4, 0.5) is 4.39 Å². The minimum Gasteiger partial charge on any atom is -0.408 e. The third-order valence-electron chi connectivity index (χ3n) is 3.35. The first-order chi connectivity index (χ1) is 10.5. The molecule has 3 aromatic rings. The van der Waals surface area contributed by atoms with Crippen molar-refractivity contribution in [3.63, 3.8) is 0 Å². The molecule has 0 fully saturated rings. The van der Waals surface area contributed by atoms with Gasteiger partial charge in [-0.15, -0.1) is 0 Å². The predicted octanol–water partition coefficient (Wildman–Crippen LogP) is 3.48. The summed E-state index contributed by atoms with van der Waals surface area (Å²) < 4.78 is 19.9. The SMILES string of the molecule is CN(Cc1cccc(F)c1)Cn1c(=O)oc2cc(Cl)ccc21. The normalized spacial score (nSPS) is 11.5. The van der Waals surface area contributed by atoms with Gasteiger partial charge in [0.2, 0.25) is 0 Å². The van der Waals surface area contributed by atoms with Crippen LogP contribution in [0.25, 0.3) is 11.1 Å². The van der Waals surface area contributed by atoms with Crippen LogP contribution in [0.15, 0.2) is 51.7 Å². The van der Waals surface area contributed by atoms with Gasteiger partial charge in [-0.3, -0.25) is 9.47 Å². The summed E-state index contributed by atoms with van der Waals surface area (Å²) in [6.45, 7) is 0.856. The van der Waals surface area contributed by atoms with Crippen LogP contribution >= 0.6 is 11.6 Å². The molecule has 0 aliphatic heterocycles. The molecule has 0 aliphatic rings. The molecule has 0 radical (unpaired) electrons. The van der Waals surface area contributed by atoms with Gasteiger partial charge < -0.3 is 4.42 Å². The van der Waals surface area contributed by atoms with Crippen LogP contribution in [0.5, 0.6) is 0 Å². The average molecular weight is 321 g/mol. The van der Waals surface area contributed by atoms with Gasteiger partial charge in [0, 0.05) is 17.6 Å². The number of fused-ring (bicyclic) bond motifs is 1. The summed E-state index contributed by atoms with van der Waals surface area (Å²) in [5, 5.41) is 0.515. The maximum Gasteiger partial charge on any atom is 0.421 e. The summed E-state index contributed by atoms with van der Waals surface area (Å²) in [4.78, 5) is 13.9. The van der Waals surface area contributed by atoms with E-state index >= 15 is 0 Å². The van der Waals surface area contributed by atoms with Gasteiger partial charge >= 0.3 is 5.76 Å². The minimum atomic E-state index is -0.441. The largest absolute Gasteiger partial charge is 0.421 e. The smallest absolute Gasteiger partial charge is 0.408 e. The second-order valence-corrected chi connectivity index (χ2v) is 5.63. The van der Waals surface area contributed by atoms with E-state index in [4.69, 9.17) is 16.0 Å². The van der Waals surface area contributed by atoms with E-state index in [0.717, 1.165) is 5.56 Å². The van der Waals surface area contributed by atoms with Crippen LogP contribution in [0.2, 0.25) is 5.02 Å². The van der Waals surface area contributed by atoms with E-state index < -0.39 is 5.76 Å². The van der Waals surface area contributed by atoms with Crippen molar-refractivity contribution in [2.45, 2.75) is 13.2 Å². The monoisotopic (exact) mass is 320 g/mol. The van der Waals surface area contributed by atoms with E-state index in [-0.39, 0.29) is 5.82 Å². The molecule has 0 N–H and O–H groups in total. The first-order valence-corrected chi connectivity index (χ1v) is 7.12. The van der Waals surface area contributed by atoms with E-state index in [0.29, 0.717) is 29.3 Å². The van der Waals surface area contributed by atoms with Gasteiger partial charge in [-0.1, -0.05) is 23.7 Å². The molecule has 0 aliphatic carbocycles. The Morgan fingerprint density at radius 3 is 2.86 bits per heavy atom. The molecule has 4 nitrogen and oxygen atoms in total. The van der Waals surface area contributed by atoms with E-state index in [9.17, 15) is 9.18 Å². The van der Waals surface area contributed by atoms with Crippen molar-refractivity contribution >= 4 is 22.7 Å². The number of halogens is 2. The van der Waals surface area contributed by atoms with E-state index in [2.05, 4.69) is 0 Å². The van der Waals surface area contributed by atoms with Gasteiger partial charge in [0.15, 0.2) is 5.58 Å². The van der Waals surface area contributed by atoms with Crippen LogP contribution in [-0.4, -0.2) is 16.5 Å². The highest BCUT2D eigenvalue weighted by atomic mass is 35.5. The number of rotatable bonds is 4. The van der Waals surface area contributed by atoms with Crippen molar-refractivity contribution in [2.24, 2.45) is 0 Å². The first-order valence-electron chi connectivity index (χ1n) is 6.75. The topological polar surface area (TPSA) is 38.4 Å². The van der Waals surface area contributed by atoms with Crippen molar-refractivity contribution in [1.29, 1.82) is 0 Å². The van der Waals surface area contributed by atoms with Crippen LogP contribution in [0.1, 0.15) is 5.56 Å². The van der Waals surface area contributed by atoms with E-state index in [1.165, 1.54) is 16.7 Å². The lowest BCUT2D eigenvalue weighted by Gasteiger charge is -2.17. The fourth-order valence-electron chi connectivity index (χ4n) is 2.41. The molecular formula is C16H14ClFN2O2. The Labute approximate surface area is 131 Å². The second kappa shape index (κ2) is 5.94. The predicted molar refractivity (Wildman–Crippen MR) is 83.4 cm³/mol. The van der Waals surface area contributed by atoms with E-state index in [1.54, 1.807) is 24.3 Å². The molecule has 114 valence electrons. The highest BCUT2D eigenvalue weighted by Gasteiger charge is 2.11. The molecule has 0 spiro atoms. The first kappa shape index (κ1) is 14.8. The quantitative estimate of drug-likeness (QED) is 0.738. The summed E-state index contributed by atoms with van der Waals surface area (Å²) >= 11 is 5.89. The Hall–Kier alpha value is -2.11. The lowest BCUT2D eigenvalue weighted by atomic mass is 10.2. The molecule has 2 aromatic carbocycles. The number of hydrogen-bond acceptors (Lipinski definition) is 3. The third kappa shape index (κ3) is 3.05. The fourth-order valence-corrected chi connectivity index (χ4v) is 2.57. The lowest BCUT2D eigenvalue weighted by Crippen LogP contribution is -2.27. The highest BCUT2D eigenvalue weighted by molar-refractivity contribution is 6.31. The van der Waals surface area contributed by atoms with Gasteiger partial charge in [-0.25, -0.2) is 9.18 Å².